The van der Waals surface area contributed by atoms with Gasteiger partial charge in [-0.2, -0.15) is 5.26 Å². The average molecular weight is 280 g/mol. The molecule has 0 unspecified atom stereocenters. The van der Waals surface area contributed by atoms with Crippen LogP contribution in [0.1, 0.15) is 11.1 Å². The molecule has 0 radical (unpaired) electrons. The quantitative estimate of drug-likeness (QED) is 0.805. The van der Waals surface area contributed by atoms with Gasteiger partial charge in [0.05, 0.1) is 11.6 Å². The van der Waals surface area contributed by atoms with Crippen molar-refractivity contribution in [3.8, 4) is 17.6 Å². The molecule has 5 heteroatoms. The van der Waals surface area contributed by atoms with Gasteiger partial charge < -0.3 is 4.74 Å². The van der Waals surface area contributed by atoms with Crippen LogP contribution in [-0.2, 0) is 0 Å². The molecule has 2 rings (SSSR count). The summed E-state index contributed by atoms with van der Waals surface area (Å²) in [5.74, 6) is -2.16. The van der Waals surface area contributed by atoms with E-state index >= 15 is 0 Å². The van der Waals surface area contributed by atoms with Crippen LogP contribution >= 0.6 is 11.6 Å². The Kier molecular flexibility index (Phi) is 3.68. The van der Waals surface area contributed by atoms with Crippen LogP contribution in [0.5, 0.6) is 11.5 Å². The molecule has 2 aromatic rings. The van der Waals surface area contributed by atoms with Crippen LogP contribution in [0.4, 0.5) is 8.78 Å². The van der Waals surface area contributed by atoms with Crippen molar-refractivity contribution in [2.45, 2.75) is 6.92 Å². The zero-order chi connectivity index (χ0) is 14.0. The van der Waals surface area contributed by atoms with Crippen molar-refractivity contribution in [2.75, 3.05) is 0 Å². The first kappa shape index (κ1) is 13.3. The van der Waals surface area contributed by atoms with E-state index in [1.54, 1.807) is 25.1 Å². The maximum absolute atomic E-state index is 13.7. The van der Waals surface area contributed by atoms with E-state index in [9.17, 15) is 8.78 Å². The monoisotopic (exact) mass is 279 g/mol. The highest BCUT2D eigenvalue weighted by atomic mass is 35.5. The van der Waals surface area contributed by atoms with Crippen molar-refractivity contribution in [3.63, 3.8) is 0 Å². The fourth-order valence-electron chi connectivity index (χ4n) is 1.52. The molecule has 0 saturated heterocycles. The summed E-state index contributed by atoms with van der Waals surface area (Å²) >= 11 is 5.80. The summed E-state index contributed by atoms with van der Waals surface area (Å²) in [6, 6.07) is 8.29. The third-order valence-electron chi connectivity index (χ3n) is 2.49. The fourth-order valence-corrected chi connectivity index (χ4v) is 1.68. The SMILES string of the molecule is Cc1ccc(Cl)cc1Oc1c(F)cc(C#N)cc1F. The Morgan fingerprint density at radius 2 is 1.79 bits per heavy atom. The van der Waals surface area contributed by atoms with Gasteiger partial charge >= 0.3 is 0 Å². The van der Waals surface area contributed by atoms with Crippen LogP contribution in [0.2, 0.25) is 5.02 Å². The maximum Gasteiger partial charge on any atom is 0.198 e. The number of rotatable bonds is 2. The lowest BCUT2D eigenvalue weighted by Crippen LogP contribution is -1.95. The van der Waals surface area contributed by atoms with Crippen molar-refractivity contribution in [3.05, 3.63) is 58.1 Å². The van der Waals surface area contributed by atoms with Gasteiger partial charge in [0.15, 0.2) is 17.4 Å². The molecule has 19 heavy (non-hydrogen) atoms. The van der Waals surface area contributed by atoms with Crippen molar-refractivity contribution in [1.82, 2.24) is 0 Å². The van der Waals surface area contributed by atoms with Gasteiger partial charge in [0.2, 0.25) is 0 Å². The Labute approximate surface area is 113 Å². The Morgan fingerprint density at radius 3 is 2.37 bits per heavy atom. The predicted octanol–water partition coefficient (Wildman–Crippen LogP) is 4.59. The number of ether oxygens (including phenoxy) is 1. The number of benzene rings is 2. The minimum Gasteiger partial charge on any atom is -0.451 e. The van der Waals surface area contributed by atoms with E-state index < -0.39 is 17.4 Å². The highest BCUT2D eigenvalue weighted by Crippen LogP contribution is 2.32. The van der Waals surface area contributed by atoms with Crippen LogP contribution in [0.25, 0.3) is 0 Å². The third-order valence-corrected chi connectivity index (χ3v) is 2.72. The molecule has 2 nitrogen and oxygen atoms in total. The van der Waals surface area contributed by atoms with Crippen molar-refractivity contribution < 1.29 is 13.5 Å². The topological polar surface area (TPSA) is 33.0 Å². The van der Waals surface area contributed by atoms with Crippen molar-refractivity contribution in [1.29, 1.82) is 5.26 Å². The molecule has 0 atom stereocenters. The maximum atomic E-state index is 13.7. The number of halogens is 3. The summed E-state index contributed by atoms with van der Waals surface area (Å²) in [6.07, 6.45) is 0. The molecule has 0 bridgehead atoms. The smallest absolute Gasteiger partial charge is 0.198 e. The highest BCUT2D eigenvalue weighted by molar-refractivity contribution is 6.30. The van der Waals surface area contributed by atoms with Crippen LogP contribution in [0.15, 0.2) is 30.3 Å². The zero-order valence-electron chi connectivity index (χ0n) is 9.88. The fraction of sp³-hybridized carbons (Fsp3) is 0.0714. The molecule has 0 spiro atoms. The van der Waals surface area contributed by atoms with Gasteiger partial charge in [-0.3, -0.25) is 0 Å². The number of nitrogens with zero attached hydrogens (tertiary/aromatic N) is 1. The molecule has 0 aliphatic carbocycles. The van der Waals surface area contributed by atoms with Gasteiger partial charge in [0, 0.05) is 5.02 Å². The summed E-state index contributed by atoms with van der Waals surface area (Å²) in [6.45, 7) is 1.73. The van der Waals surface area contributed by atoms with Crippen LogP contribution in [0, 0.1) is 29.9 Å². The van der Waals surface area contributed by atoms with Gasteiger partial charge in [-0.05, 0) is 36.8 Å². The minimum absolute atomic E-state index is 0.106. The Hall–Kier alpha value is -2.12. The number of hydrogen-bond donors (Lipinski definition) is 0. The lowest BCUT2D eigenvalue weighted by molar-refractivity contribution is 0.405. The molecular formula is C14H8ClF2NO. The second-order valence-electron chi connectivity index (χ2n) is 3.89. The first-order valence-corrected chi connectivity index (χ1v) is 5.72. The highest BCUT2D eigenvalue weighted by Gasteiger charge is 2.14. The first-order chi connectivity index (χ1) is 9.01. The number of aryl methyl sites for hydroxylation is 1. The van der Waals surface area contributed by atoms with E-state index in [1.165, 1.54) is 6.07 Å². The molecule has 0 heterocycles. The van der Waals surface area contributed by atoms with Crippen LogP contribution in [-0.4, -0.2) is 0 Å². The molecule has 0 aliphatic heterocycles. The summed E-state index contributed by atoms with van der Waals surface area (Å²) < 4.78 is 32.5. The van der Waals surface area contributed by atoms with Gasteiger partial charge in [0.25, 0.3) is 0 Å². The van der Waals surface area contributed by atoms with E-state index in [-0.39, 0.29) is 11.3 Å². The number of nitriles is 1. The molecule has 96 valence electrons. The van der Waals surface area contributed by atoms with E-state index in [4.69, 9.17) is 21.6 Å². The van der Waals surface area contributed by atoms with Crippen molar-refractivity contribution in [2.24, 2.45) is 0 Å². The van der Waals surface area contributed by atoms with Gasteiger partial charge in [-0.1, -0.05) is 17.7 Å². The van der Waals surface area contributed by atoms with Gasteiger partial charge in [-0.25, -0.2) is 8.78 Å². The summed E-state index contributed by atoms with van der Waals surface area (Å²) in [4.78, 5) is 0. The first-order valence-electron chi connectivity index (χ1n) is 5.34. The predicted molar refractivity (Wildman–Crippen MR) is 67.3 cm³/mol. The van der Waals surface area contributed by atoms with Crippen LogP contribution < -0.4 is 4.74 Å². The molecule has 0 aromatic heterocycles. The zero-order valence-corrected chi connectivity index (χ0v) is 10.6. The normalized spacial score (nSPS) is 10.1. The summed E-state index contributed by atoms with van der Waals surface area (Å²) in [7, 11) is 0. The molecular weight excluding hydrogens is 272 g/mol. The summed E-state index contributed by atoms with van der Waals surface area (Å²) in [5, 5.41) is 9.00. The molecule has 0 saturated carbocycles. The Balaban J connectivity index is 2.44. The molecule has 2 aromatic carbocycles. The minimum atomic E-state index is -0.934. The van der Waals surface area contributed by atoms with E-state index in [2.05, 4.69) is 0 Å². The lowest BCUT2D eigenvalue weighted by atomic mass is 10.2. The Morgan fingerprint density at radius 1 is 1.16 bits per heavy atom. The number of hydrogen-bond acceptors (Lipinski definition) is 2. The second-order valence-corrected chi connectivity index (χ2v) is 4.33. The Bertz CT molecular complexity index is 657. The average Bonchev–Trinajstić information content (AvgIpc) is 2.37. The van der Waals surface area contributed by atoms with E-state index in [0.717, 1.165) is 12.1 Å². The molecule has 0 aliphatic rings. The van der Waals surface area contributed by atoms with Gasteiger partial charge in [0.1, 0.15) is 5.75 Å². The molecule has 0 amide bonds. The molecule has 0 N–H and O–H groups in total. The third kappa shape index (κ3) is 2.83. The lowest BCUT2D eigenvalue weighted by Gasteiger charge is -2.10. The summed E-state index contributed by atoms with van der Waals surface area (Å²) in [5.41, 5.74) is 0.581. The van der Waals surface area contributed by atoms with E-state index in [1.807, 2.05) is 0 Å². The van der Waals surface area contributed by atoms with Crippen LogP contribution in [0.3, 0.4) is 0 Å². The molecule has 0 fully saturated rings. The van der Waals surface area contributed by atoms with Crippen molar-refractivity contribution >= 4 is 11.6 Å². The largest absolute Gasteiger partial charge is 0.451 e. The van der Waals surface area contributed by atoms with E-state index in [0.29, 0.717) is 10.6 Å². The van der Waals surface area contributed by atoms with Gasteiger partial charge in [-0.15, -0.1) is 0 Å². The second kappa shape index (κ2) is 5.25. The standard InChI is InChI=1S/C14H8ClF2NO/c1-8-2-3-10(15)6-13(8)19-14-11(16)4-9(7-18)5-12(14)17/h2-6H,1H3.